The van der Waals surface area contributed by atoms with Crippen LogP contribution >= 0.6 is 11.6 Å². The van der Waals surface area contributed by atoms with Crippen LogP contribution in [0.15, 0.2) is 18.2 Å². The predicted octanol–water partition coefficient (Wildman–Crippen LogP) is 4.98. The second kappa shape index (κ2) is 7.52. The van der Waals surface area contributed by atoms with Gasteiger partial charge < -0.3 is 10.1 Å². The molecule has 0 spiro atoms. The van der Waals surface area contributed by atoms with Gasteiger partial charge in [-0.3, -0.25) is 0 Å². The molecule has 2 nitrogen and oxygen atoms in total. The van der Waals surface area contributed by atoms with Crippen LogP contribution in [0.1, 0.15) is 40.5 Å². The van der Waals surface area contributed by atoms with Crippen LogP contribution in [0.3, 0.4) is 0 Å². The predicted molar refractivity (Wildman–Crippen MR) is 79.8 cm³/mol. The summed E-state index contributed by atoms with van der Waals surface area (Å²) in [6, 6.07) is 6.19. The summed E-state index contributed by atoms with van der Waals surface area (Å²) in [5.41, 5.74) is 0.997. The van der Waals surface area contributed by atoms with E-state index in [1.165, 1.54) is 0 Å². The first-order valence-corrected chi connectivity index (χ1v) is 7.15. The molecule has 1 atom stereocenters. The lowest BCUT2D eigenvalue weighted by Gasteiger charge is -2.23. The van der Waals surface area contributed by atoms with Crippen molar-refractivity contribution in [3.05, 3.63) is 23.2 Å². The molecule has 0 aliphatic carbocycles. The van der Waals surface area contributed by atoms with Gasteiger partial charge in [0.25, 0.3) is 0 Å². The van der Waals surface area contributed by atoms with Crippen molar-refractivity contribution in [1.82, 2.24) is 0 Å². The summed E-state index contributed by atoms with van der Waals surface area (Å²) in [6.07, 6.45) is 2.08. The summed E-state index contributed by atoms with van der Waals surface area (Å²) in [7, 11) is 0. The lowest BCUT2D eigenvalue weighted by molar-refractivity contribution is 0.318. The molecule has 18 heavy (non-hydrogen) atoms. The van der Waals surface area contributed by atoms with Gasteiger partial charge in [0.2, 0.25) is 0 Å². The summed E-state index contributed by atoms with van der Waals surface area (Å²) in [5.74, 6) is 1.47. The molecule has 1 aromatic carbocycles. The van der Waals surface area contributed by atoms with E-state index in [-0.39, 0.29) is 0 Å². The highest BCUT2D eigenvalue weighted by Gasteiger charge is 2.13. The zero-order valence-corrected chi connectivity index (χ0v) is 12.6. The van der Waals surface area contributed by atoms with Crippen LogP contribution in [0, 0.1) is 5.92 Å². The largest absolute Gasteiger partial charge is 0.491 e. The van der Waals surface area contributed by atoms with Crippen LogP contribution in [0.5, 0.6) is 5.75 Å². The van der Waals surface area contributed by atoms with E-state index in [4.69, 9.17) is 16.3 Å². The quantitative estimate of drug-likeness (QED) is 0.754. The van der Waals surface area contributed by atoms with Gasteiger partial charge in [0, 0.05) is 11.1 Å². The van der Waals surface area contributed by atoms with Crippen LogP contribution in [0.25, 0.3) is 0 Å². The van der Waals surface area contributed by atoms with Crippen molar-refractivity contribution in [1.29, 1.82) is 0 Å². The molecule has 0 aliphatic rings. The highest BCUT2D eigenvalue weighted by atomic mass is 35.5. The SMILES string of the molecule is CCCOc1ccc(Cl)cc1NC(CC)C(C)C. The minimum Gasteiger partial charge on any atom is -0.491 e. The van der Waals surface area contributed by atoms with Gasteiger partial charge >= 0.3 is 0 Å². The van der Waals surface area contributed by atoms with E-state index in [1.807, 2.05) is 18.2 Å². The first kappa shape index (κ1) is 15.2. The number of halogens is 1. The van der Waals surface area contributed by atoms with E-state index in [0.717, 1.165) is 35.9 Å². The summed E-state index contributed by atoms with van der Waals surface area (Å²) >= 11 is 6.06. The first-order valence-electron chi connectivity index (χ1n) is 6.77. The van der Waals surface area contributed by atoms with E-state index >= 15 is 0 Å². The van der Waals surface area contributed by atoms with Crippen LogP contribution in [0.2, 0.25) is 5.02 Å². The zero-order valence-electron chi connectivity index (χ0n) is 11.8. The van der Waals surface area contributed by atoms with Gasteiger partial charge in [-0.2, -0.15) is 0 Å². The lowest BCUT2D eigenvalue weighted by atomic mass is 10.0. The molecule has 0 saturated heterocycles. The zero-order chi connectivity index (χ0) is 13.5. The third kappa shape index (κ3) is 4.41. The molecule has 1 aromatic rings. The molecular weight excluding hydrogens is 246 g/mol. The number of nitrogens with one attached hydrogen (secondary N) is 1. The number of benzene rings is 1. The van der Waals surface area contributed by atoms with Crippen LogP contribution in [0.4, 0.5) is 5.69 Å². The Kier molecular flexibility index (Phi) is 6.34. The Bertz CT molecular complexity index is 366. The van der Waals surface area contributed by atoms with Crippen molar-refractivity contribution < 1.29 is 4.74 Å². The third-order valence-corrected chi connectivity index (χ3v) is 3.22. The van der Waals surface area contributed by atoms with Gasteiger partial charge in [-0.15, -0.1) is 0 Å². The number of hydrogen-bond donors (Lipinski definition) is 1. The van der Waals surface area contributed by atoms with Gasteiger partial charge in [-0.05, 0) is 37.0 Å². The first-order chi connectivity index (χ1) is 8.58. The highest BCUT2D eigenvalue weighted by molar-refractivity contribution is 6.30. The number of hydrogen-bond acceptors (Lipinski definition) is 2. The van der Waals surface area contributed by atoms with E-state index in [9.17, 15) is 0 Å². The van der Waals surface area contributed by atoms with Crippen LogP contribution < -0.4 is 10.1 Å². The van der Waals surface area contributed by atoms with Crippen molar-refractivity contribution in [3.63, 3.8) is 0 Å². The fourth-order valence-electron chi connectivity index (χ4n) is 1.89. The fourth-order valence-corrected chi connectivity index (χ4v) is 2.06. The van der Waals surface area contributed by atoms with Crippen molar-refractivity contribution in [3.8, 4) is 5.75 Å². The number of rotatable bonds is 7. The van der Waals surface area contributed by atoms with Crippen LogP contribution in [-0.2, 0) is 0 Å². The van der Waals surface area contributed by atoms with Gasteiger partial charge in [0.05, 0.1) is 12.3 Å². The monoisotopic (exact) mass is 269 g/mol. The fraction of sp³-hybridized carbons (Fsp3) is 0.600. The minimum absolute atomic E-state index is 0.437. The Labute approximate surface area is 116 Å². The Morgan fingerprint density at radius 2 is 2.00 bits per heavy atom. The van der Waals surface area contributed by atoms with Gasteiger partial charge in [0.15, 0.2) is 0 Å². The Morgan fingerprint density at radius 1 is 1.28 bits per heavy atom. The third-order valence-electron chi connectivity index (χ3n) is 2.99. The van der Waals surface area contributed by atoms with Crippen molar-refractivity contribution in [2.75, 3.05) is 11.9 Å². The maximum absolute atomic E-state index is 6.06. The maximum atomic E-state index is 6.06. The molecule has 1 N–H and O–H groups in total. The van der Waals surface area contributed by atoms with Gasteiger partial charge in [-0.25, -0.2) is 0 Å². The molecule has 102 valence electrons. The summed E-state index contributed by atoms with van der Waals surface area (Å²) in [4.78, 5) is 0. The molecule has 0 fully saturated rings. The molecule has 0 saturated carbocycles. The van der Waals surface area contributed by atoms with E-state index in [2.05, 4.69) is 33.0 Å². The van der Waals surface area contributed by atoms with Gasteiger partial charge in [0.1, 0.15) is 5.75 Å². The Hall–Kier alpha value is -0.890. The Morgan fingerprint density at radius 3 is 2.56 bits per heavy atom. The van der Waals surface area contributed by atoms with Crippen molar-refractivity contribution in [2.24, 2.45) is 5.92 Å². The number of ether oxygens (including phenoxy) is 1. The summed E-state index contributed by atoms with van der Waals surface area (Å²) in [6.45, 7) is 9.46. The average Bonchev–Trinajstić information content (AvgIpc) is 2.34. The summed E-state index contributed by atoms with van der Waals surface area (Å²) in [5, 5.41) is 4.27. The highest BCUT2D eigenvalue weighted by Crippen LogP contribution is 2.30. The molecule has 0 amide bonds. The van der Waals surface area contributed by atoms with Gasteiger partial charge in [-0.1, -0.05) is 39.3 Å². The van der Waals surface area contributed by atoms with E-state index in [0.29, 0.717) is 12.0 Å². The molecule has 0 bridgehead atoms. The number of anilines is 1. The summed E-state index contributed by atoms with van der Waals surface area (Å²) < 4.78 is 5.75. The molecule has 0 aromatic heterocycles. The minimum atomic E-state index is 0.437. The van der Waals surface area contributed by atoms with Crippen molar-refractivity contribution >= 4 is 17.3 Å². The average molecular weight is 270 g/mol. The smallest absolute Gasteiger partial charge is 0.142 e. The van der Waals surface area contributed by atoms with E-state index in [1.54, 1.807) is 0 Å². The lowest BCUT2D eigenvalue weighted by Crippen LogP contribution is -2.24. The van der Waals surface area contributed by atoms with Crippen molar-refractivity contribution in [2.45, 2.75) is 46.6 Å². The molecule has 0 aliphatic heterocycles. The normalized spacial score (nSPS) is 12.6. The van der Waals surface area contributed by atoms with Crippen LogP contribution in [-0.4, -0.2) is 12.6 Å². The standard InChI is InChI=1S/C15H24ClNO/c1-5-9-18-15-8-7-12(16)10-14(15)17-13(6-2)11(3)4/h7-8,10-11,13,17H,5-6,9H2,1-4H3. The molecule has 3 heteroatoms. The molecule has 1 unspecified atom stereocenters. The molecule has 1 rings (SSSR count). The van der Waals surface area contributed by atoms with E-state index < -0.39 is 0 Å². The second-order valence-electron chi connectivity index (χ2n) is 4.89. The maximum Gasteiger partial charge on any atom is 0.142 e. The molecular formula is C15H24ClNO. The Balaban J connectivity index is 2.86. The second-order valence-corrected chi connectivity index (χ2v) is 5.33. The topological polar surface area (TPSA) is 21.3 Å². The molecule has 0 radical (unpaired) electrons. The molecule has 0 heterocycles.